The van der Waals surface area contributed by atoms with Gasteiger partial charge in [-0.2, -0.15) is 0 Å². The predicted molar refractivity (Wildman–Crippen MR) is 76.3 cm³/mol. The van der Waals surface area contributed by atoms with E-state index in [0.717, 1.165) is 18.4 Å². The van der Waals surface area contributed by atoms with Crippen LogP contribution in [0.25, 0.3) is 0 Å². The Morgan fingerprint density at radius 2 is 2.15 bits per heavy atom. The molecule has 0 spiro atoms. The molecule has 5 heteroatoms. The quantitative estimate of drug-likeness (QED) is 0.860. The summed E-state index contributed by atoms with van der Waals surface area (Å²) < 4.78 is 13.5. The Morgan fingerprint density at radius 1 is 1.30 bits per heavy atom. The highest BCUT2D eigenvalue weighted by Crippen LogP contribution is 2.18. The fourth-order valence-corrected chi connectivity index (χ4v) is 2.09. The second-order valence-corrected chi connectivity index (χ2v) is 4.72. The van der Waals surface area contributed by atoms with E-state index in [1.54, 1.807) is 12.4 Å². The van der Waals surface area contributed by atoms with Gasteiger partial charge in [-0.05, 0) is 36.6 Å². The zero-order valence-corrected chi connectivity index (χ0v) is 11.5. The highest BCUT2D eigenvalue weighted by Gasteiger charge is 2.14. The standard InChI is InChI=1S/C15H14ClFN2O/c16-12-6-1-7-13(17)14(12)15(20)19-9-3-5-11-4-2-8-18-10-11/h1-2,4,6-8,10H,3,5,9H2,(H,19,20). The molecule has 0 aliphatic rings. The van der Waals surface area contributed by atoms with E-state index in [1.165, 1.54) is 18.2 Å². The summed E-state index contributed by atoms with van der Waals surface area (Å²) >= 11 is 5.82. The molecule has 1 aromatic carbocycles. The van der Waals surface area contributed by atoms with E-state index in [2.05, 4.69) is 10.3 Å². The van der Waals surface area contributed by atoms with Crippen molar-refractivity contribution in [1.82, 2.24) is 10.3 Å². The van der Waals surface area contributed by atoms with E-state index in [9.17, 15) is 9.18 Å². The van der Waals surface area contributed by atoms with Crippen molar-refractivity contribution in [2.75, 3.05) is 6.54 Å². The van der Waals surface area contributed by atoms with Crippen molar-refractivity contribution >= 4 is 17.5 Å². The normalized spacial score (nSPS) is 10.3. The number of benzene rings is 1. The number of aryl methyl sites for hydroxylation is 1. The largest absolute Gasteiger partial charge is 0.352 e. The fourth-order valence-electron chi connectivity index (χ4n) is 1.84. The van der Waals surface area contributed by atoms with Crippen molar-refractivity contribution in [3.05, 3.63) is 64.7 Å². The van der Waals surface area contributed by atoms with Crippen LogP contribution in [0.4, 0.5) is 4.39 Å². The Balaban J connectivity index is 1.84. The Bertz CT molecular complexity index is 569. The first kappa shape index (κ1) is 14.5. The molecule has 1 N–H and O–H groups in total. The summed E-state index contributed by atoms with van der Waals surface area (Å²) in [5.74, 6) is -1.10. The maximum absolute atomic E-state index is 13.5. The number of halogens is 2. The molecule has 1 heterocycles. The molecule has 0 aliphatic carbocycles. The molecular weight excluding hydrogens is 279 g/mol. The fraction of sp³-hybridized carbons (Fsp3) is 0.200. The second-order valence-electron chi connectivity index (χ2n) is 4.32. The van der Waals surface area contributed by atoms with Crippen molar-refractivity contribution in [1.29, 1.82) is 0 Å². The number of carbonyl (C=O) groups excluding carboxylic acids is 1. The molecule has 1 amide bonds. The third-order valence-electron chi connectivity index (χ3n) is 2.84. The van der Waals surface area contributed by atoms with Gasteiger partial charge in [-0.15, -0.1) is 0 Å². The molecule has 3 nitrogen and oxygen atoms in total. The molecule has 0 saturated carbocycles. The molecule has 1 aromatic heterocycles. The molecule has 20 heavy (non-hydrogen) atoms. The van der Waals surface area contributed by atoms with Crippen LogP contribution in [0.5, 0.6) is 0 Å². The minimum Gasteiger partial charge on any atom is -0.352 e. The molecule has 0 aliphatic heterocycles. The number of amides is 1. The highest BCUT2D eigenvalue weighted by atomic mass is 35.5. The minimum absolute atomic E-state index is 0.101. The Morgan fingerprint density at radius 3 is 2.85 bits per heavy atom. The monoisotopic (exact) mass is 292 g/mol. The lowest BCUT2D eigenvalue weighted by Crippen LogP contribution is -2.26. The summed E-state index contributed by atoms with van der Waals surface area (Å²) in [6.45, 7) is 0.457. The van der Waals surface area contributed by atoms with Crippen LogP contribution in [-0.2, 0) is 6.42 Å². The number of carbonyl (C=O) groups is 1. The van der Waals surface area contributed by atoms with Gasteiger partial charge in [-0.1, -0.05) is 23.7 Å². The van der Waals surface area contributed by atoms with E-state index in [0.29, 0.717) is 6.54 Å². The van der Waals surface area contributed by atoms with Gasteiger partial charge in [0.15, 0.2) is 0 Å². The third-order valence-corrected chi connectivity index (χ3v) is 3.16. The highest BCUT2D eigenvalue weighted by molar-refractivity contribution is 6.33. The summed E-state index contributed by atoms with van der Waals surface area (Å²) in [7, 11) is 0. The lowest BCUT2D eigenvalue weighted by Gasteiger charge is -2.07. The Hall–Kier alpha value is -1.94. The SMILES string of the molecule is O=C(NCCCc1cccnc1)c1c(F)cccc1Cl. The first-order valence-electron chi connectivity index (χ1n) is 6.29. The van der Waals surface area contributed by atoms with Gasteiger partial charge in [-0.3, -0.25) is 9.78 Å². The van der Waals surface area contributed by atoms with Crippen LogP contribution in [0.3, 0.4) is 0 Å². The van der Waals surface area contributed by atoms with E-state index in [1.807, 2.05) is 12.1 Å². The van der Waals surface area contributed by atoms with Crippen molar-refractivity contribution in [3.8, 4) is 0 Å². The van der Waals surface area contributed by atoms with E-state index in [-0.39, 0.29) is 10.6 Å². The zero-order chi connectivity index (χ0) is 14.4. The smallest absolute Gasteiger partial charge is 0.255 e. The van der Waals surface area contributed by atoms with Crippen LogP contribution < -0.4 is 5.32 Å². The van der Waals surface area contributed by atoms with E-state index >= 15 is 0 Å². The van der Waals surface area contributed by atoms with Gasteiger partial charge in [0, 0.05) is 18.9 Å². The lowest BCUT2D eigenvalue weighted by atomic mass is 10.1. The van der Waals surface area contributed by atoms with Crippen molar-refractivity contribution in [2.45, 2.75) is 12.8 Å². The van der Waals surface area contributed by atoms with Crippen molar-refractivity contribution < 1.29 is 9.18 Å². The molecule has 0 saturated heterocycles. The number of hydrogen-bond acceptors (Lipinski definition) is 2. The number of nitrogens with one attached hydrogen (secondary N) is 1. The number of rotatable bonds is 5. The average molecular weight is 293 g/mol. The predicted octanol–water partition coefficient (Wildman–Crippen LogP) is 3.24. The summed E-state index contributed by atoms with van der Waals surface area (Å²) in [6.07, 6.45) is 5.06. The summed E-state index contributed by atoms with van der Waals surface area (Å²) in [4.78, 5) is 15.9. The maximum atomic E-state index is 13.5. The van der Waals surface area contributed by atoms with Gasteiger partial charge in [0.2, 0.25) is 0 Å². The summed E-state index contributed by atoms with van der Waals surface area (Å²) in [6, 6.07) is 8.03. The molecule has 0 fully saturated rings. The molecule has 0 bridgehead atoms. The average Bonchev–Trinajstić information content (AvgIpc) is 2.44. The Kier molecular flexibility index (Phi) is 5.07. The van der Waals surface area contributed by atoms with Crippen LogP contribution in [0, 0.1) is 5.82 Å². The van der Waals surface area contributed by atoms with Crippen LogP contribution in [0.1, 0.15) is 22.3 Å². The number of nitrogens with zero attached hydrogens (tertiary/aromatic N) is 1. The molecule has 0 atom stereocenters. The lowest BCUT2D eigenvalue weighted by molar-refractivity contribution is 0.0949. The second kappa shape index (κ2) is 7.01. The first-order chi connectivity index (χ1) is 9.68. The topological polar surface area (TPSA) is 42.0 Å². The van der Waals surface area contributed by atoms with Crippen LogP contribution in [0.15, 0.2) is 42.7 Å². The molecular formula is C15H14ClFN2O. The maximum Gasteiger partial charge on any atom is 0.255 e. The van der Waals surface area contributed by atoms with E-state index < -0.39 is 11.7 Å². The summed E-state index contributed by atoms with van der Waals surface area (Å²) in [5, 5.41) is 2.79. The number of aromatic nitrogens is 1. The van der Waals surface area contributed by atoms with Crippen molar-refractivity contribution in [2.24, 2.45) is 0 Å². The number of hydrogen-bond donors (Lipinski definition) is 1. The van der Waals surface area contributed by atoms with Gasteiger partial charge < -0.3 is 5.32 Å². The molecule has 2 aromatic rings. The van der Waals surface area contributed by atoms with Crippen LogP contribution in [0.2, 0.25) is 5.02 Å². The molecule has 0 radical (unpaired) electrons. The minimum atomic E-state index is -0.609. The van der Waals surface area contributed by atoms with Crippen LogP contribution in [-0.4, -0.2) is 17.4 Å². The van der Waals surface area contributed by atoms with Gasteiger partial charge in [-0.25, -0.2) is 4.39 Å². The van der Waals surface area contributed by atoms with Gasteiger partial charge in [0.25, 0.3) is 5.91 Å². The van der Waals surface area contributed by atoms with E-state index in [4.69, 9.17) is 11.6 Å². The van der Waals surface area contributed by atoms with Gasteiger partial charge in [0.05, 0.1) is 10.6 Å². The third kappa shape index (κ3) is 3.78. The number of pyridine rings is 1. The zero-order valence-electron chi connectivity index (χ0n) is 10.8. The summed E-state index contributed by atoms with van der Waals surface area (Å²) in [5.41, 5.74) is 1.00. The Labute approximate surface area is 121 Å². The van der Waals surface area contributed by atoms with Crippen LogP contribution >= 0.6 is 11.6 Å². The van der Waals surface area contributed by atoms with Gasteiger partial charge >= 0.3 is 0 Å². The first-order valence-corrected chi connectivity index (χ1v) is 6.67. The molecule has 0 unspecified atom stereocenters. The van der Waals surface area contributed by atoms with Gasteiger partial charge in [0.1, 0.15) is 5.82 Å². The molecule has 104 valence electrons. The van der Waals surface area contributed by atoms with Crippen molar-refractivity contribution in [3.63, 3.8) is 0 Å². The molecule has 2 rings (SSSR count).